The van der Waals surface area contributed by atoms with Crippen LogP contribution in [0.5, 0.6) is 23.0 Å². The summed E-state index contributed by atoms with van der Waals surface area (Å²) in [6.45, 7) is 0. The summed E-state index contributed by atoms with van der Waals surface area (Å²) in [7, 11) is -4.75. The molecule has 2 aliphatic heterocycles. The third-order valence-electron chi connectivity index (χ3n) is 3.74. The number of fused-ring (bicyclic) bond motifs is 2. The van der Waals surface area contributed by atoms with Gasteiger partial charge in [0.25, 0.3) is 0 Å². The Morgan fingerprint density at radius 1 is 0.696 bits per heavy atom. The molecule has 0 amide bonds. The van der Waals surface area contributed by atoms with Crippen LogP contribution in [0.3, 0.4) is 0 Å². The van der Waals surface area contributed by atoms with E-state index in [0.717, 1.165) is 0 Å². The maximum absolute atomic E-state index is 12.8. The molecule has 0 radical (unpaired) electrons. The molecule has 0 unspecified atom stereocenters. The first kappa shape index (κ1) is 14.3. The van der Waals surface area contributed by atoms with E-state index < -0.39 is 27.0 Å². The molecule has 4 nitrogen and oxygen atoms in total. The topological polar surface area (TPSA) is 36.9 Å². The summed E-state index contributed by atoms with van der Waals surface area (Å²) in [6.07, 6.45) is -5.50. The van der Waals surface area contributed by atoms with Crippen LogP contribution in [0.25, 0.3) is 0 Å². The molecule has 2 aromatic rings. The fourth-order valence-electron chi connectivity index (χ4n) is 2.76. The first-order valence-corrected chi connectivity index (χ1v) is 9.40. The van der Waals surface area contributed by atoms with Crippen LogP contribution in [-0.4, -0.2) is 14.5 Å². The van der Waals surface area contributed by atoms with Crippen LogP contribution in [0.1, 0.15) is 6.42 Å². The fraction of sp³-hybridized carbons (Fsp3) is 0.200. The van der Waals surface area contributed by atoms with E-state index in [1.807, 2.05) is 0 Å². The molecule has 0 bridgehead atoms. The molecule has 1 spiro atoms. The summed E-state index contributed by atoms with van der Waals surface area (Å²) >= 11 is 0. The number of hydrogen-bond donors (Lipinski definition) is 0. The Bertz CT molecular complexity index is 664. The molecule has 2 aromatic carbocycles. The van der Waals surface area contributed by atoms with E-state index >= 15 is 0 Å². The van der Waals surface area contributed by atoms with Gasteiger partial charge in [-0.1, -0.05) is 0 Å². The molecular formula is C15H12F3O4Si-. The number of benzene rings is 2. The van der Waals surface area contributed by atoms with Crippen molar-refractivity contribution in [2.75, 3.05) is 0 Å². The second-order valence-electron chi connectivity index (χ2n) is 5.49. The van der Waals surface area contributed by atoms with Crippen LogP contribution in [0.4, 0.5) is 13.2 Å². The van der Waals surface area contributed by atoms with Crippen LogP contribution in [0, 0.1) is 0 Å². The van der Waals surface area contributed by atoms with Gasteiger partial charge in [0.2, 0.25) is 0 Å². The normalized spacial score (nSPS) is 20.9. The number of para-hydroxylation sites is 4. The second kappa shape index (κ2) is 4.35. The van der Waals surface area contributed by atoms with E-state index in [4.69, 9.17) is 17.7 Å². The fourth-order valence-corrected chi connectivity index (χ4v) is 6.49. The molecule has 0 saturated carbocycles. The van der Waals surface area contributed by atoms with Gasteiger partial charge in [0.1, 0.15) is 0 Å². The van der Waals surface area contributed by atoms with Crippen molar-refractivity contribution >= 4 is 8.33 Å². The van der Waals surface area contributed by atoms with Crippen LogP contribution in [0.2, 0.25) is 6.04 Å². The zero-order valence-corrected chi connectivity index (χ0v) is 12.8. The van der Waals surface area contributed by atoms with E-state index in [2.05, 4.69) is 0 Å². The first-order chi connectivity index (χ1) is 10.9. The van der Waals surface area contributed by atoms with Crippen molar-refractivity contribution in [3.63, 3.8) is 0 Å². The molecule has 8 heteroatoms. The number of alkyl halides is 3. The van der Waals surface area contributed by atoms with Gasteiger partial charge < -0.3 is 0 Å². The molecule has 122 valence electrons. The number of rotatable bonds is 2. The zero-order valence-electron chi connectivity index (χ0n) is 11.8. The Kier molecular flexibility index (Phi) is 2.69. The molecular weight excluding hydrogens is 329 g/mol. The van der Waals surface area contributed by atoms with Gasteiger partial charge in [-0.05, 0) is 0 Å². The third-order valence-corrected chi connectivity index (χ3v) is 7.27. The van der Waals surface area contributed by atoms with Gasteiger partial charge in [0, 0.05) is 0 Å². The number of halogens is 3. The van der Waals surface area contributed by atoms with Gasteiger partial charge in [0.05, 0.1) is 0 Å². The van der Waals surface area contributed by atoms with Gasteiger partial charge in [-0.3, -0.25) is 0 Å². The van der Waals surface area contributed by atoms with E-state index in [0.29, 0.717) is 23.0 Å². The van der Waals surface area contributed by atoms with Crippen molar-refractivity contribution in [2.45, 2.75) is 18.6 Å². The van der Waals surface area contributed by atoms with Crippen LogP contribution in [-0.2, 0) is 0 Å². The van der Waals surface area contributed by atoms with E-state index in [1.165, 1.54) is 0 Å². The quantitative estimate of drug-likeness (QED) is 0.765. The van der Waals surface area contributed by atoms with Gasteiger partial charge in [-0.25, -0.2) is 0 Å². The van der Waals surface area contributed by atoms with Crippen LogP contribution < -0.4 is 17.7 Å². The standard InChI is InChI=1S/C15H12F3O4Si/c16-15(17,18)9-10-23(19-11-5-1-2-6-12(11)20-23)21-13-7-3-4-8-14(13)22-23/h1-8H,9-10H2/q-1. The molecule has 0 fully saturated rings. The van der Waals surface area contributed by atoms with Crippen LogP contribution in [0.15, 0.2) is 48.5 Å². The van der Waals surface area contributed by atoms with Crippen LogP contribution >= 0.6 is 0 Å². The van der Waals surface area contributed by atoms with Crippen molar-refractivity contribution in [3.8, 4) is 23.0 Å². The van der Waals surface area contributed by atoms with Crippen molar-refractivity contribution in [1.29, 1.82) is 0 Å². The molecule has 0 saturated heterocycles. The molecule has 2 heterocycles. The monoisotopic (exact) mass is 341 g/mol. The first-order valence-electron chi connectivity index (χ1n) is 7.06. The minimum atomic E-state index is -4.75. The molecule has 0 atom stereocenters. The Morgan fingerprint density at radius 2 is 1.04 bits per heavy atom. The summed E-state index contributed by atoms with van der Waals surface area (Å²) < 4.78 is 61.6. The number of hydrogen-bond acceptors (Lipinski definition) is 4. The zero-order chi connectivity index (χ0) is 16.2. The Balaban J connectivity index is 1.76. The van der Waals surface area contributed by atoms with Crippen molar-refractivity contribution in [3.05, 3.63) is 48.5 Å². The molecule has 4 rings (SSSR count). The van der Waals surface area contributed by atoms with Gasteiger partial charge >= 0.3 is 129 Å². The summed E-state index contributed by atoms with van der Waals surface area (Å²) in [5.41, 5.74) is 0. The van der Waals surface area contributed by atoms with Gasteiger partial charge in [-0.15, -0.1) is 0 Å². The minimum absolute atomic E-state index is 0.329. The SMILES string of the molecule is FC(F)(F)CC[Si-]12(Oc3ccccc3O1)Oc1ccccc1O2. The van der Waals surface area contributed by atoms with E-state index in [-0.39, 0.29) is 0 Å². The summed E-state index contributed by atoms with van der Waals surface area (Å²) in [5.74, 6) is 1.32. The maximum atomic E-state index is 12.8. The molecule has 0 N–H and O–H groups in total. The van der Waals surface area contributed by atoms with E-state index in [1.54, 1.807) is 48.5 Å². The summed E-state index contributed by atoms with van der Waals surface area (Å²) in [4.78, 5) is 0. The predicted molar refractivity (Wildman–Crippen MR) is 76.6 cm³/mol. The molecule has 0 aromatic heterocycles. The Morgan fingerprint density at radius 3 is 1.35 bits per heavy atom. The summed E-state index contributed by atoms with van der Waals surface area (Å²) in [5, 5.41) is 0. The second-order valence-corrected chi connectivity index (χ2v) is 8.97. The molecule has 0 aliphatic carbocycles. The van der Waals surface area contributed by atoms with E-state index in [9.17, 15) is 13.2 Å². The summed E-state index contributed by atoms with van der Waals surface area (Å²) in [6, 6.07) is 12.8. The van der Waals surface area contributed by atoms with Crippen molar-refractivity contribution in [2.24, 2.45) is 0 Å². The third kappa shape index (κ3) is 2.29. The van der Waals surface area contributed by atoms with Crippen molar-refractivity contribution in [1.82, 2.24) is 0 Å². The average molecular weight is 341 g/mol. The van der Waals surface area contributed by atoms with Crippen molar-refractivity contribution < 1.29 is 30.9 Å². The van der Waals surface area contributed by atoms with Gasteiger partial charge in [-0.2, -0.15) is 0 Å². The Labute approximate surface area is 130 Å². The average Bonchev–Trinajstić information content (AvgIpc) is 2.99. The predicted octanol–water partition coefficient (Wildman–Crippen LogP) is 4.27. The van der Waals surface area contributed by atoms with Gasteiger partial charge in [0.15, 0.2) is 0 Å². The molecule has 23 heavy (non-hydrogen) atoms. The molecule has 2 aliphatic rings. The Hall–Kier alpha value is -2.35.